The molecule has 0 bridgehead atoms. The lowest BCUT2D eigenvalue weighted by Crippen LogP contribution is -2.51. The third kappa shape index (κ3) is 5.43. The number of benzene rings is 2. The highest BCUT2D eigenvalue weighted by molar-refractivity contribution is 9.10. The summed E-state index contributed by atoms with van der Waals surface area (Å²) in [4.78, 5) is 44.2. The first kappa shape index (κ1) is 23.4. The molecule has 4 rings (SSSR count). The highest BCUT2D eigenvalue weighted by Crippen LogP contribution is 2.27. The van der Waals surface area contributed by atoms with E-state index in [4.69, 9.17) is 0 Å². The SMILES string of the molecule is O=C(NCC(=O)N1CCN(c2ccc(-c3ccccc3C(=O)O)cc2)CC1)c1ccnc(Br)c1. The second-order valence-corrected chi connectivity index (χ2v) is 8.63. The number of amides is 2. The quantitative estimate of drug-likeness (QED) is 0.481. The number of piperazine rings is 1. The second-order valence-electron chi connectivity index (χ2n) is 7.82. The number of aromatic carboxylic acids is 1. The molecular formula is C25H23BrN4O4. The van der Waals surface area contributed by atoms with Crippen molar-refractivity contribution in [3.63, 3.8) is 0 Å². The van der Waals surface area contributed by atoms with E-state index in [0.29, 0.717) is 41.9 Å². The molecule has 0 atom stereocenters. The molecule has 1 fully saturated rings. The number of pyridine rings is 1. The summed E-state index contributed by atoms with van der Waals surface area (Å²) in [7, 11) is 0. The first-order valence-corrected chi connectivity index (χ1v) is 11.6. The number of carbonyl (C=O) groups excluding carboxylic acids is 2. The fourth-order valence-electron chi connectivity index (χ4n) is 3.90. The van der Waals surface area contributed by atoms with E-state index in [-0.39, 0.29) is 23.9 Å². The van der Waals surface area contributed by atoms with E-state index < -0.39 is 5.97 Å². The van der Waals surface area contributed by atoms with Gasteiger partial charge in [-0.1, -0.05) is 30.3 Å². The first-order chi connectivity index (χ1) is 16.4. The molecule has 0 spiro atoms. The van der Waals surface area contributed by atoms with Crippen LogP contribution in [0.5, 0.6) is 0 Å². The van der Waals surface area contributed by atoms with Crippen LogP contribution in [0.3, 0.4) is 0 Å². The molecule has 0 radical (unpaired) electrons. The van der Waals surface area contributed by atoms with E-state index in [9.17, 15) is 19.5 Å². The highest BCUT2D eigenvalue weighted by atomic mass is 79.9. The van der Waals surface area contributed by atoms with E-state index in [1.54, 1.807) is 35.2 Å². The summed E-state index contributed by atoms with van der Waals surface area (Å²) in [6, 6.07) is 17.9. The molecule has 3 aromatic rings. The van der Waals surface area contributed by atoms with Gasteiger partial charge >= 0.3 is 5.97 Å². The van der Waals surface area contributed by atoms with Crippen LogP contribution in [-0.2, 0) is 4.79 Å². The number of anilines is 1. The molecule has 8 nitrogen and oxygen atoms in total. The maximum absolute atomic E-state index is 12.6. The Morgan fingerprint density at radius 3 is 2.35 bits per heavy atom. The number of rotatable bonds is 6. The Labute approximate surface area is 205 Å². The molecule has 0 unspecified atom stereocenters. The van der Waals surface area contributed by atoms with Gasteiger partial charge in [-0.2, -0.15) is 0 Å². The summed E-state index contributed by atoms with van der Waals surface area (Å²) >= 11 is 3.23. The van der Waals surface area contributed by atoms with Crippen molar-refractivity contribution in [3.8, 4) is 11.1 Å². The largest absolute Gasteiger partial charge is 0.478 e. The maximum Gasteiger partial charge on any atom is 0.336 e. The lowest BCUT2D eigenvalue weighted by molar-refractivity contribution is -0.130. The topological polar surface area (TPSA) is 103 Å². The van der Waals surface area contributed by atoms with Crippen molar-refractivity contribution in [2.45, 2.75) is 0 Å². The van der Waals surface area contributed by atoms with Gasteiger partial charge in [-0.25, -0.2) is 9.78 Å². The summed E-state index contributed by atoms with van der Waals surface area (Å²) in [6.07, 6.45) is 1.53. The molecule has 2 heterocycles. The molecule has 2 N–H and O–H groups in total. The van der Waals surface area contributed by atoms with Crippen LogP contribution in [0.1, 0.15) is 20.7 Å². The Hall–Kier alpha value is -3.72. The Kier molecular flexibility index (Phi) is 7.22. The number of nitrogens with zero attached hydrogens (tertiary/aromatic N) is 3. The normalized spacial score (nSPS) is 13.4. The standard InChI is InChI=1S/C25H23BrN4O4/c26-22-15-18(9-10-27-22)24(32)28-16-23(31)30-13-11-29(12-14-30)19-7-5-17(6-8-19)20-3-1-2-4-21(20)25(33)34/h1-10,15H,11-14,16H2,(H,28,32)(H,33,34). The van der Waals surface area contributed by atoms with Gasteiger partial charge in [-0.05, 0) is 57.4 Å². The average Bonchev–Trinajstić information content (AvgIpc) is 2.87. The van der Waals surface area contributed by atoms with E-state index in [2.05, 4.69) is 31.1 Å². The van der Waals surface area contributed by atoms with Gasteiger partial charge in [0.25, 0.3) is 5.91 Å². The van der Waals surface area contributed by atoms with Gasteiger partial charge in [0, 0.05) is 43.6 Å². The summed E-state index contributed by atoms with van der Waals surface area (Å²) < 4.78 is 0.557. The Morgan fingerprint density at radius 1 is 0.971 bits per heavy atom. The zero-order chi connectivity index (χ0) is 24.1. The molecule has 0 aliphatic carbocycles. The summed E-state index contributed by atoms with van der Waals surface area (Å²) in [5, 5.41) is 12.1. The molecule has 1 aliphatic heterocycles. The maximum atomic E-state index is 12.6. The molecule has 9 heteroatoms. The van der Waals surface area contributed by atoms with Gasteiger partial charge in [0.05, 0.1) is 12.1 Å². The number of nitrogens with one attached hydrogen (secondary N) is 1. The minimum Gasteiger partial charge on any atom is -0.478 e. The van der Waals surface area contributed by atoms with Crippen molar-refractivity contribution in [2.24, 2.45) is 0 Å². The predicted molar refractivity (Wildman–Crippen MR) is 132 cm³/mol. The molecule has 174 valence electrons. The van der Waals surface area contributed by atoms with Crippen LogP contribution in [0, 0.1) is 0 Å². The van der Waals surface area contributed by atoms with Crippen molar-refractivity contribution in [1.82, 2.24) is 15.2 Å². The monoisotopic (exact) mass is 522 g/mol. The zero-order valence-corrected chi connectivity index (χ0v) is 19.9. The van der Waals surface area contributed by atoms with Crippen LogP contribution in [0.15, 0.2) is 71.5 Å². The van der Waals surface area contributed by atoms with Crippen molar-refractivity contribution in [1.29, 1.82) is 0 Å². The van der Waals surface area contributed by atoms with Crippen LogP contribution in [0.4, 0.5) is 5.69 Å². The molecule has 1 aliphatic rings. The molecule has 0 saturated carbocycles. The van der Waals surface area contributed by atoms with E-state index in [1.165, 1.54) is 6.20 Å². The fourth-order valence-corrected chi connectivity index (χ4v) is 4.27. The number of hydrogen-bond acceptors (Lipinski definition) is 5. The highest BCUT2D eigenvalue weighted by Gasteiger charge is 2.22. The van der Waals surface area contributed by atoms with Gasteiger partial charge in [0.1, 0.15) is 4.60 Å². The molecule has 1 aromatic heterocycles. The van der Waals surface area contributed by atoms with E-state index in [0.717, 1.165) is 11.3 Å². The second kappa shape index (κ2) is 10.5. The van der Waals surface area contributed by atoms with Gasteiger partial charge < -0.3 is 20.2 Å². The van der Waals surface area contributed by atoms with Crippen LogP contribution >= 0.6 is 15.9 Å². The third-order valence-electron chi connectivity index (χ3n) is 5.72. The number of aromatic nitrogens is 1. The number of carboxylic acid groups (broad SMARTS) is 1. The van der Waals surface area contributed by atoms with Crippen molar-refractivity contribution < 1.29 is 19.5 Å². The average molecular weight is 523 g/mol. The molecule has 2 aromatic carbocycles. The minimum absolute atomic E-state index is 0.0591. The van der Waals surface area contributed by atoms with Gasteiger partial charge in [-0.15, -0.1) is 0 Å². The number of carboxylic acids is 1. The fraction of sp³-hybridized carbons (Fsp3) is 0.200. The van der Waals surface area contributed by atoms with Crippen LogP contribution < -0.4 is 10.2 Å². The van der Waals surface area contributed by atoms with Crippen LogP contribution in [-0.4, -0.2) is 65.5 Å². The first-order valence-electron chi connectivity index (χ1n) is 10.8. The number of hydrogen-bond donors (Lipinski definition) is 2. The Morgan fingerprint density at radius 2 is 1.68 bits per heavy atom. The molecule has 34 heavy (non-hydrogen) atoms. The molecular weight excluding hydrogens is 500 g/mol. The summed E-state index contributed by atoms with van der Waals surface area (Å²) in [6.45, 7) is 2.39. The van der Waals surface area contributed by atoms with E-state index >= 15 is 0 Å². The Bertz CT molecular complexity index is 1210. The minimum atomic E-state index is -0.953. The summed E-state index contributed by atoms with van der Waals surface area (Å²) in [5.41, 5.74) is 3.24. The third-order valence-corrected chi connectivity index (χ3v) is 6.16. The van der Waals surface area contributed by atoms with Crippen molar-refractivity contribution in [2.75, 3.05) is 37.6 Å². The van der Waals surface area contributed by atoms with Crippen LogP contribution in [0.25, 0.3) is 11.1 Å². The predicted octanol–water partition coefficient (Wildman–Crippen LogP) is 3.29. The van der Waals surface area contributed by atoms with Gasteiger partial charge in [-0.3, -0.25) is 9.59 Å². The van der Waals surface area contributed by atoms with Crippen LogP contribution in [0.2, 0.25) is 0 Å². The van der Waals surface area contributed by atoms with Gasteiger partial charge in [0.15, 0.2) is 0 Å². The van der Waals surface area contributed by atoms with Crippen molar-refractivity contribution >= 4 is 39.4 Å². The smallest absolute Gasteiger partial charge is 0.336 e. The molecule has 2 amide bonds. The van der Waals surface area contributed by atoms with Crippen molar-refractivity contribution in [3.05, 3.63) is 82.6 Å². The molecule has 1 saturated heterocycles. The lowest BCUT2D eigenvalue weighted by atomic mass is 9.99. The number of halogens is 1. The number of carbonyl (C=O) groups is 3. The summed E-state index contributed by atoms with van der Waals surface area (Å²) in [5.74, 6) is -1.40. The zero-order valence-electron chi connectivity index (χ0n) is 18.3. The van der Waals surface area contributed by atoms with E-state index in [1.807, 2.05) is 30.3 Å². The lowest BCUT2D eigenvalue weighted by Gasteiger charge is -2.36. The van der Waals surface area contributed by atoms with Gasteiger partial charge in [0.2, 0.25) is 5.91 Å². The Balaban J connectivity index is 1.31.